The predicted octanol–water partition coefficient (Wildman–Crippen LogP) is 6.91. The first-order valence-electron chi connectivity index (χ1n) is 9.76. The molecule has 0 aliphatic carbocycles. The Balaban J connectivity index is 2.00. The second-order valence-corrected chi connectivity index (χ2v) is 6.34. The monoisotopic (exact) mass is 353 g/mol. The van der Waals surface area contributed by atoms with Crippen LogP contribution in [0.1, 0.15) is 46.5 Å². The predicted molar refractivity (Wildman–Crippen MR) is 110 cm³/mol. The second kappa shape index (κ2) is 11.3. The van der Waals surface area contributed by atoms with Gasteiger partial charge in [-0.1, -0.05) is 26.7 Å². The molecule has 0 fully saturated rings. The van der Waals surface area contributed by atoms with Gasteiger partial charge in [0.05, 0.1) is 18.0 Å². The van der Waals surface area contributed by atoms with Gasteiger partial charge < -0.3 is 9.64 Å². The lowest BCUT2D eigenvalue weighted by Gasteiger charge is -2.24. The second-order valence-electron chi connectivity index (χ2n) is 6.34. The molecular weight excluding hydrogens is 322 g/mol. The fraction of sp³-hybridized carbons (Fsp3) is 0.455. The molecule has 0 aliphatic rings. The average Bonchev–Trinajstić information content (AvgIpc) is 2.68. The SMILES string of the molecule is CCCCN(CCCC)c1ccc(N=Nc2ccc(OCC)cc2)cc1. The summed E-state index contributed by atoms with van der Waals surface area (Å²) >= 11 is 0. The first-order valence-corrected chi connectivity index (χ1v) is 9.76. The van der Waals surface area contributed by atoms with E-state index < -0.39 is 0 Å². The fourth-order valence-electron chi connectivity index (χ4n) is 2.69. The van der Waals surface area contributed by atoms with Crippen molar-refractivity contribution in [3.63, 3.8) is 0 Å². The van der Waals surface area contributed by atoms with E-state index in [1.807, 2.05) is 43.3 Å². The van der Waals surface area contributed by atoms with Crippen molar-refractivity contribution in [1.29, 1.82) is 0 Å². The summed E-state index contributed by atoms with van der Waals surface area (Å²) in [6.45, 7) is 9.35. The molecule has 0 saturated heterocycles. The van der Waals surface area contributed by atoms with Gasteiger partial charge in [0.25, 0.3) is 0 Å². The van der Waals surface area contributed by atoms with E-state index in [0.717, 1.165) is 30.2 Å². The Morgan fingerprint density at radius 3 is 1.69 bits per heavy atom. The van der Waals surface area contributed by atoms with Crippen molar-refractivity contribution in [2.24, 2.45) is 10.2 Å². The average molecular weight is 354 g/mol. The van der Waals surface area contributed by atoms with Crippen molar-refractivity contribution in [3.05, 3.63) is 48.5 Å². The van der Waals surface area contributed by atoms with Crippen LogP contribution in [-0.2, 0) is 0 Å². The Labute approximate surface area is 157 Å². The summed E-state index contributed by atoms with van der Waals surface area (Å²) < 4.78 is 5.44. The van der Waals surface area contributed by atoms with Crippen LogP contribution in [0.4, 0.5) is 17.1 Å². The summed E-state index contributed by atoms with van der Waals surface area (Å²) in [4.78, 5) is 2.47. The normalized spacial score (nSPS) is 11.0. The zero-order valence-corrected chi connectivity index (χ0v) is 16.3. The molecule has 0 heterocycles. The topological polar surface area (TPSA) is 37.2 Å². The molecule has 0 aromatic heterocycles. The minimum atomic E-state index is 0.667. The number of nitrogens with zero attached hydrogens (tertiary/aromatic N) is 3. The molecular formula is C22H31N3O. The zero-order chi connectivity index (χ0) is 18.6. The van der Waals surface area contributed by atoms with Crippen LogP contribution < -0.4 is 9.64 Å². The third-order valence-corrected chi connectivity index (χ3v) is 4.21. The van der Waals surface area contributed by atoms with Crippen molar-refractivity contribution in [3.8, 4) is 5.75 Å². The number of hydrogen-bond acceptors (Lipinski definition) is 4. The van der Waals surface area contributed by atoms with Gasteiger partial charge in [-0.05, 0) is 68.3 Å². The standard InChI is InChI=1S/C22H31N3O/c1-4-7-17-25(18-8-5-2)21-13-9-19(10-14-21)23-24-20-11-15-22(16-12-20)26-6-3/h9-16H,4-8,17-18H2,1-3H3. The minimum Gasteiger partial charge on any atom is -0.494 e. The minimum absolute atomic E-state index is 0.667. The fourth-order valence-corrected chi connectivity index (χ4v) is 2.69. The molecule has 2 aromatic carbocycles. The van der Waals surface area contributed by atoms with Crippen molar-refractivity contribution in [2.75, 3.05) is 24.6 Å². The maximum Gasteiger partial charge on any atom is 0.119 e. The number of azo groups is 1. The molecule has 0 radical (unpaired) electrons. The van der Waals surface area contributed by atoms with E-state index in [1.54, 1.807) is 0 Å². The van der Waals surface area contributed by atoms with Crippen LogP contribution >= 0.6 is 0 Å². The summed E-state index contributed by atoms with van der Waals surface area (Å²) in [6.07, 6.45) is 4.89. The highest BCUT2D eigenvalue weighted by atomic mass is 16.5. The molecule has 0 saturated carbocycles. The first-order chi connectivity index (χ1) is 12.8. The summed E-state index contributed by atoms with van der Waals surface area (Å²) in [5.41, 5.74) is 2.96. The van der Waals surface area contributed by atoms with Gasteiger partial charge in [-0.2, -0.15) is 10.2 Å². The lowest BCUT2D eigenvalue weighted by atomic mass is 10.2. The molecule has 2 rings (SSSR count). The van der Waals surface area contributed by atoms with Gasteiger partial charge in [0.15, 0.2) is 0 Å². The van der Waals surface area contributed by atoms with Gasteiger partial charge >= 0.3 is 0 Å². The molecule has 0 N–H and O–H groups in total. The highest BCUT2D eigenvalue weighted by Crippen LogP contribution is 2.24. The highest BCUT2D eigenvalue weighted by Gasteiger charge is 2.05. The van der Waals surface area contributed by atoms with E-state index in [4.69, 9.17) is 4.74 Å². The van der Waals surface area contributed by atoms with Gasteiger partial charge in [0.2, 0.25) is 0 Å². The van der Waals surface area contributed by atoms with Gasteiger partial charge in [0.1, 0.15) is 5.75 Å². The van der Waals surface area contributed by atoms with E-state index in [9.17, 15) is 0 Å². The van der Waals surface area contributed by atoms with Gasteiger partial charge in [0, 0.05) is 18.8 Å². The Kier molecular flexibility index (Phi) is 8.67. The number of ether oxygens (including phenoxy) is 1. The van der Waals surface area contributed by atoms with E-state index in [1.165, 1.54) is 31.4 Å². The maximum absolute atomic E-state index is 5.44. The lowest BCUT2D eigenvalue weighted by Crippen LogP contribution is -2.25. The zero-order valence-electron chi connectivity index (χ0n) is 16.3. The van der Waals surface area contributed by atoms with Crippen LogP contribution in [0.25, 0.3) is 0 Å². The molecule has 0 unspecified atom stereocenters. The van der Waals surface area contributed by atoms with Crippen LogP contribution in [-0.4, -0.2) is 19.7 Å². The molecule has 0 amide bonds. The van der Waals surface area contributed by atoms with Crippen molar-refractivity contribution < 1.29 is 4.74 Å². The highest BCUT2D eigenvalue weighted by molar-refractivity contribution is 5.53. The molecule has 0 bridgehead atoms. The Hall–Kier alpha value is -2.36. The van der Waals surface area contributed by atoms with Crippen molar-refractivity contribution in [1.82, 2.24) is 0 Å². The smallest absolute Gasteiger partial charge is 0.119 e. The van der Waals surface area contributed by atoms with Crippen molar-refractivity contribution in [2.45, 2.75) is 46.5 Å². The van der Waals surface area contributed by atoms with Crippen molar-refractivity contribution >= 4 is 17.1 Å². The lowest BCUT2D eigenvalue weighted by molar-refractivity contribution is 0.340. The number of anilines is 1. The van der Waals surface area contributed by atoms with Crippen LogP contribution in [0.3, 0.4) is 0 Å². The van der Waals surface area contributed by atoms with E-state index in [-0.39, 0.29) is 0 Å². The number of hydrogen-bond donors (Lipinski definition) is 0. The summed E-state index contributed by atoms with van der Waals surface area (Å²) in [7, 11) is 0. The van der Waals surface area contributed by atoms with Gasteiger partial charge in [-0.25, -0.2) is 0 Å². The Morgan fingerprint density at radius 2 is 1.23 bits per heavy atom. The number of rotatable bonds is 11. The largest absolute Gasteiger partial charge is 0.494 e. The molecule has 2 aromatic rings. The summed E-state index contributed by atoms with van der Waals surface area (Å²) in [5, 5.41) is 8.65. The molecule has 26 heavy (non-hydrogen) atoms. The quantitative estimate of drug-likeness (QED) is 0.412. The summed E-state index contributed by atoms with van der Waals surface area (Å²) in [5.74, 6) is 0.857. The first kappa shape index (κ1) is 20.0. The van der Waals surface area contributed by atoms with Gasteiger partial charge in [-0.3, -0.25) is 0 Å². The van der Waals surface area contributed by atoms with Crippen LogP contribution in [0.2, 0.25) is 0 Å². The molecule has 4 nitrogen and oxygen atoms in total. The Morgan fingerprint density at radius 1 is 0.731 bits per heavy atom. The van der Waals surface area contributed by atoms with E-state index in [0.29, 0.717) is 6.61 Å². The third-order valence-electron chi connectivity index (χ3n) is 4.21. The van der Waals surface area contributed by atoms with Crippen LogP contribution in [0.15, 0.2) is 58.8 Å². The number of unbranched alkanes of at least 4 members (excludes halogenated alkanes) is 2. The molecule has 0 spiro atoms. The molecule has 4 heteroatoms. The maximum atomic E-state index is 5.44. The third kappa shape index (κ3) is 6.51. The molecule has 140 valence electrons. The Bertz CT molecular complexity index is 642. The van der Waals surface area contributed by atoms with E-state index >= 15 is 0 Å². The van der Waals surface area contributed by atoms with Crippen LogP contribution in [0.5, 0.6) is 5.75 Å². The summed E-state index contributed by atoms with van der Waals surface area (Å²) in [6, 6.07) is 16.0. The number of benzene rings is 2. The van der Waals surface area contributed by atoms with Crippen LogP contribution in [0, 0.1) is 0 Å². The molecule has 0 aliphatic heterocycles. The van der Waals surface area contributed by atoms with E-state index in [2.05, 4.69) is 41.1 Å². The molecule has 0 atom stereocenters. The van der Waals surface area contributed by atoms with Gasteiger partial charge in [-0.15, -0.1) is 0 Å².